The van der Waals surface area contributed by atoms with Crippen LogP contribution in [-0.2, 0) is 6.42 Å². The molecule has 0 atom stereocenters. The maximum atomic E-state index is 13.1. The molecule has 110 valence electrons. The zero-order valence-electron chi connectivity index (χ0n) is 11.7. The molecule has 1 aliphatic rings. The zero-order chi connectivity index (χ0) is 15.3. The van der Waals surface area contributed by atoms with Crippen molar-refractivity contribution < 1.29 is 9.18 Å². The van der Waals surface area contributed by atoms with Crippen molar-refractivity contribution >= 4 is 22.5 Å². The molecule has 0 spiro atoms. The molecule has 22 heavy (non-hydrogen) atoms. The van der Waals surface area contributed by atoms with Crippen molar-refractivity contribution in [2.45, 2.75) is 19.3 Å². The summed E-state index contributed by atoms with van der Waals surface area (Å²) in [5.41, 5.74) is 9.17. The fourth-order valence-electron chi connectivity index (χ4n) is 2.92. The van der Waals surface area contributed by atoms with Gasteiger partial charge >= 0.3 is 0 Å². The number of nitrogens with zero attached hydrogens (tertiary/aromatic N) is 3. The molecule has 1 aliphatic carbocycles. The molecular weight excluding hydrogens is 283 g/mol. The maximum absolute atomic E-state index is 13.1. The first-order valence-electron chi connectivity index (χ1n) is 7.10. The Bertz CT molecular complexity index is 899. The number of pyridine rings is 1. The number of aryl methyl sites for hydroxylation is 1. The summed E-state index contributed by atoms with van der Waals surface area (Å²) in [6, 6.07) is 6.00. The monoisotopic (exact) mass is 296 g/mol. The molecule has 1 aromatic carbocycles. The predicted octanol–water partition coefficient (Wildman–Crippen LogP) is 2.66. The average Bonchev–Trinajstić information content (AvgIpc) is 2.92. The number of hydrogen-bond donors (Lipinski definition) is 1. The Morgan fingerprint density at radius 2 is 1.95 bits per heavy atom. The number of fused-ring (bicyclic) bond motifs is 2. The Balaban J connectivity index is 1.98. The van der Waals surface area contributed by atoms with E-state index in [1.165, 1.54) is 12.1 Å². The van der Waals surface area contributed by atoms with Gasteiger partial charge < -0.3 is 5.73 Å². The molecule has 2 heterocycles. The van der Waals surface area contributed by atoms with Crippen LogP contribution in [0.1, 0.15) is 28.9 Å². The predicted molar refractivity (Wildman–Crippen MR) is 80.5 cm³/mol. The van der Waals surface area contributed by atoms with Crippen LogP contribution in [-0.4, -0.2) is 20.5 Å². The van der Waals surface area contributed by atoms with E-state index < -0.39 is 0 Å². The number of aromatic nitrogens is 3. The van der Waals surface area contributed by atoms with Crippen LogP contribution in [0.15, 0.2) is 30.5 Å². The van der Waals surface area contributed by atoms with Gasteiger partial charge in [-0.25, -0.2) is 14.1 Å². The highest BCUT2D eigenvalue weighted by Gasteiger charge is 2.24. The molecule has 2 N–H and O–H groups in total. The van der Waals surface area contributed by atoms with Crippen LogP contribution in [0.5, 0.6) is 0 Å². The van der Waals surface area contributed by atoms with Crippen molar-refractivity contribution in [1.29, 1.82) is 0 Å². The van der Waals surface area contributed by atoms with Gasteiger partial charge in [-0.15, -0.1) is 0 Å². The van der Waals surface area contributed by atoms with Crippen molar-refractivity contribution in [2.24, 2.45) is 0 Å². The van der Waals surface area contributed by atoms with E-state index in [2.05, 4.69) is 10.1 Å². The van der Waals surface area contributed by atoms with Crippen LogP contribution in [0.3, 0.4) is 0 Å². The second-order valence-corrected chi connectivity index (χ2v) is 5.39. The molecule has 0 saturated heterocycles. The molecule has 0 radical (unpaired) electrons. The molecule has 0 aliphatic heterocycles. The van der Waals surface area contributed by atoms with Gasteiger partial charge in [0.15, 0.2) is 11.4 Å². The Hall–Kier alpha value is -2.76. The molecule has 2 aromatic heterocycles. The number of benzene rings is 1. The lowest BCUT2D eigenvalue weighted by Gasteiger charge is -2.16. The number of nitrogens with two attached hydrogens (primary N) is 1. The Morgan fingerprint density at radius 1 is 1.18 bits per heavy atom. The van der Waals surface area contributed by atoms with Gasteiger partial charge in [0.05, 0.1) is 34.2 Å². The van der Waals surface area contributed by atoms with Gasteiger partial charge in [-0.3, -0.25) is 4.79 Å². The van der Waals surface area contributed by atoms with Crippen molar-refractivity contribution in [2.75, 3.05) is 5.73 Å². The minimum Gasteiger partial charge on any atom is -0.397 e. The van der Waals surface area contributed by atoms with Gasteiger partial charge in [0.1, 0.15) is 5.82 Å². The molecule has 0 amide bonds. The van der Waals surface area contributed by atoms with Crippen LogP contribution in [0.25, 0.3) is 16.7 Å². The third kappa shape index (κ3) is 1.80. The highest BCUT2D eigenvalue weighted by atomic mass is 19.1. The van der Waals surface area contributed by atoms with Crippen molar-refractivity contribution in [3.8, 4) is 5.69 Å². The lowest BCUT2D eigenvalue weighted by Crippen LogP contribution is -2.16. The molecule has 6 heteroatoms. The largest absolute Gasteiger partial charge is 0.397 e. The Morgan fingerprint density at radius 3 is 2.73 bits per heavy atom. The first-order valence-corrected chi connectivity index (χ1v) is 7.10. The van der Waals surface area contributed by atoms with Gasteiger partial charge in [0, 0.05) is 6.42 Å². The number of Topliss-reactive ketones (excluding diaryl/α,β-unsaturated/α-hetero) is 1. The smallest absolute Gasteiger partial charge is 0.166 e. The lowest BCUT2D eigenvalue weighted by atomic mass is 9.93. The van der Waals surface area contributed by atoms with Gasteiger partial charge in [0.2, 0.25) is 0 Å². The summed E-state index contributed by atoms with van der Waals surface area (Å²) < 4.78 is 14.7. The van der Waals surface area contributed by atoms with E-state index in [-0.39, 0.29) is 11.6 Å². The van der Waals surface area contributed by atoms with E-state index >= 15 is 0 Å². The van der Waals surface area contributed by atoms with E-state index in [0.717, 1.165) is 18.5 Å². The highest BCUT2D eigenvalue weighted by molar-refractivity contribution is 6.08. The van der Waals surface area contributed by atoms with Crippen LogP contribution < -0.4 is 5.73 Å². The standard InChI is InChI=1S/C16H13FN4O/c17-9-4-6-10(7-5-9)21-16-11(8-19-21)15(18)14-12(20-16)2-1-3-13(14)22/h4-8H,1-3H2,(H2,18,20). The van der Waals surface area contributed by atoms with Gasteiger partial charge in [-0.05, 0) is 37.1 Å². The normalized spacial score (nSPS) is 14.3. The second-order valence-electron chi connectivity index (χ2n) is 5.39. The summed E-state index contributed by atoms with van der Waals surface area (Å²) in [4.78, 5) is 16.7. The molecule has 3 aromatic rings. The summed E-state index contributed by atoms with van der Waals surface area (Å²) in [7, 11) is 0. The molecule has 0 bridgehead atoms. The molecule has 0 unspecified atom stereocenters. The Labute approximate surface area is 125 Å². The summed E-state index contributed by atoms with van der Waals surface area (Å²) in [6.45, 7) is 0. The van der Waals surface area contributed by atoms with E-state index in [0.29, 0.717) is 34.4 Å². The fourth-order valence-corrected chi connectivity index (χ4v) is 2.92. The fraction of sp³-hybridized carbons (Fsp3) is 0.188. The number of hydrogen-bond acceptors (Lipinski definition) is 4. The number of halogens is 1. The number of nitrogen functional groups attached to an aromatic ring is 1. The number of rotatable bonds is 1. The van der Waals surface area contributed by atoms with E-state index in [1.807, 2.05) is 0 Å². The van der Waals surface area contributed by atoms with Crippen molar-refractivity contribution in [1.82, 2.24) is 14.8 Å². The lowest BCUT2D eigenvalue weighted by molar-refractivity contribution is 0.0972. The molecule has 4 rings (SSSR count). The SMILES string of the molecule is Nc1c2c(nc3c1cnn3-c1ccc(F)cc1)CCCC2=O. The maximum Gasteiger partial charge on any atom is 0.166 e. The van der Waals surface area contributed by atoms with Crippen LogP contribution in [0.4, 0.5) is 10.1 Å². The summed E-state index contributed by atoms with van der Waals surface area (Å²) in [5, 5.41) is 4.94. The van der Waals surface area contributed by atoms with Crippen molar-refractivity contribution in [3.63, 3.8) is 0 Å². The van der Waals surface area contributed by atoms with Crippen LogP contribution in [0.2, 0.25) is 0 Å². The summed E-state index contributed by atoms with van der Waals surface area (Å²) in [5.74, 6) is -0.265. The quantitative estimate of drug-likeness (QED) is 0.749. The Kier molecular flexibility index (Phi) is 2.72. The topological polar surface area (TPSA) is 73.8 Å². The third-order valence-corrected chi connectivity index (χ3v) is 4.00. The second kappa shape index (κ2) is 4.62. The minimum absolute atomic E-state index is 0.0442. The zero-order valence-corrected chi connectivity index (χ0v) is 11.7. The van der Waals surface area contributed by atoms with Gasteiger partial charge in [0.25, 0.3) is 0 Å². The van der Waals surface area contributed by atoms with E-state index in [1.54, 1.807) is 23.0 Å². The van der Waals surface area contributed by atoms with Crippen LogP contribution in [0, 0.1) is 5.82 Å². The van der Waals surface area contributed by atoms with Crippen molar-refractivity contribution in [3.05, 3.63) is 47.5 Å². The molecule has 0 saturated carbocycles. The first-order chi connectivity index (χ1) is 10.6. The minimum atomic E-state index is -0.310. The number of carbonyl (C=O) groups excluding carboxylic acids is 1. The van der Waals surface area contributed by atoms with Crippen LogP contribution >= 0.6 is 0 Å². The number of ketones is 1. The third-order valence-electron chi connectivity index (χ3n) is 4.00. The van der Waals surface area contributed by atoms with E-state index in [9.17, 15) is 9.18 Å². The summed E-state index contributed by atoms with van der Waals surface area (Å²) >= 11 is 0. The van der Waals surface area contributed by atoms with E-state index in [4.69, 9.17) is 5.73 Å². The highest BCUT2D eigenvalue weighted by Crippen LogP contribution is 2.31. The number of carbonyl (C=O) groups is 1. The van der Waals surface area contributed by atoms with Gasteiger partial charge in [-0.1, -0.05) is 0 Å². The average molecular weight is 296 g/mol. The summed E-state index contributed by atoms with van der Waals surface area (Å²) in [6.07, 6.45) is 3.63. The molecule has 5 nitrogen and oxygen atoms in total. The molecular formula is C16H13FN4O. The van der Waals surface area contributed by atoms with Gasteiger partial charge in [-0.2, -0.15) is 5.10 Å². The molecule has 0 fully saturated rings. The first kappa shape index (κ1) is 12.9. The number of anilines is 1.